The zero-order valence-corrected chi connectivity index (χ0v) is 5.75. The van der Waals surface area contributed by atoms with Crippen LogP contribution in [0, 0.1) is 0 Å². The molecule has 0 amide bonds. The minimum absolute atomic E-state index is 0.983. The van der Waals surface area contributed by atoms with E-state index < -0.39 is 0 Å². The van der Waals surface area contributed by atoms with Crippen molar-refractivity contribution >= 4 is 5.69 Å². The summed E-state index contributed by atoms with van der Waals surface area (Å²) in [6.45, 7) is 0.983. The molecule has 0 atom stereocenters. The SMILES string of the molecule is c1cc2c(cn1)CCC[N]2. The first-order chi connectivity index (χ1) is 4.97. The van der Waals surface area contributed by atoms with Gasteiger partial charge in [-0.15, -0.1) is 0 Å². The van der Waals surface area contributed by atoms with Gasteiger partial charge in [0, 0.05) is 18.9 Å². The summed E-state index contributed by atoms with van der Waals surface area (Å²) in [5.41, 5.74) is 2.44. The summed E-state index contributed by atoms with van der Waals surface area (Å²) in [5.74, 6) is 0. The molecule has 0 spiro atoms. The van der Waals surface area contributed by atoms with Gasteiger partial charge in [-0.1, -0.05) is 0 Å². The Balaban J connectivity index is 2.41. The van der Waals surface area contributed by atoms with Crippen molar-refractivity contribution in [1.82, 2.24) is 10.3 Å². The lowest BCUT2D eigenvalue weighted by molar-refractivity contribution is 0.701. The van der Waals surface area contributed by atoms with Gasteiger partial charge in [-0.3, -0.25) is 10.3 Å². The molecule has 0 aliphatic carbocycles. The molecule has 1 aliphatic rings. The number of rotatable bonds is 0. The summed E-state index contributed by atoms with van der Waals surface area (Å²) < 4.78 is 0. The molecule has 10 heavy (non-hydrogen) atoms. The van der Waals surface area contributed by atoms with Crippen LogP contribution in [0.2, 0.25) is 0 Å². The highest BCUT2D eigenvalue weighted by Gasteiger charge is 2.07. The molecule has 0 saturated heterocycles. The van der Waals surface area contributed by atoms with Crippen molar-refractivity contribution in [3.63, 3.8) is 0 Å². The van der Waals surface area contributed by atoms with Crippen LogP contribution in [0.1, 0.15) is 12.0 Å². The lowest BCUT2D eigenvalue weighted by atomic mass is 10.1. The van der Waals surface area contributed by atoms with Gasteiger partial charge in [-0.05, 0) is 24.5 Å². The van der Waals surface area contributed by atoms with E-state index in [-0.39, 0.29) is 0 Å². The van der Waals surface area contributed by atoms with E-state index in [4.69, 9.17) is 0 Å². The molecule has 1 radical (unpaired) electrons. The van der Waals surface area contributed by atoms with Gasteiger partial charge < -0.3 is 0 Å². The third kappa shape index (κ3) is 0.856. The summed E-state index contributed by atoms with van der Waals surface area (Å²) in [6.07, 6.45) is 6.04. The molecule has 0 unspecified atom stereocenters. The Morgan fingerprint density at radius 3 is 3.30 bits per heavy atom. The lowest BCUT2D eigenvalue weighted by Gasteiger charge is -2.13. The van der Waals surface area contributed by atoms with E-state index in [2.05, 4.69) is 10.3 Å². The van der Waals surface area contributed by atoms with Crippen molar-refractivity contribution in [2.75, 3.05) is 6.54 Å². The molecule has 2 heterocycles. The number of aromatic nitrogens is 1. The summed E-state index contributed by atoms with van der Waals surface area (Å²) >= 11 is 0. The second kappa shape index (κ2) is 2.29. The Labute approximate surface area is 60.3 Å². The van der Waals surface area contributed by atoms with Crippen LogP contribution < -0.4 is 5.32 Å². The Morgan fingerprint density at radius 1 is 1.40 bits per heavy atom. The average molecular weight is 133 g/mol. The third-order valence-electron chi connectivity index (χ3n) is 1.76. The number of nitrogens with zero attached hydrogens (tertiary/aromatic N) is 2. The predicted octanol–water partition coefficient (Wildman–Crippen LogP) is 1.26. The Hall–Kier alpha value is -1.05. The number of hydrogen-bond acceptors (Lipinski definition) is 1. The molecule has 1 aliphatic heterocycles. The monoisotopic (exact) mass is 133 g/mol. The summed E-state index contributed by atoms with van der Waals surface area (Å²) in [7, 11) is 0. The van der Waals surface area contributed by atoms with Gasteiger partial charge in [0.15, 0.2) is 0 Å². The van der Waals surface area contributed by atoms with Gasteiger partial charge in [0.25, 0.3) is 0 Å². The van der Waals surface area contributed by atoms with Crippen molar-refractivity contribution in [3.05, 3.63) is 24.0 Å². The van der Waals surface area contributed by atoms with Crippen LogP contribution in [0.5, 0.6) is 0 Å². The minimum atomic E-state index is 0.983. The fourth-order valence-corrected chi connectivity index (χ4v) is 1.24. The van der Waals surface area contributed by atoms with E-state index in [9.17, 15) is 0 Å². The normalized spacial score (nSPS) is 15.6. The van der Waals surface area contributed by atoms with Gasteiger partial charge in [-0.2, -0.15) is 0 Å². The van der Waals surface area contributed by atoms with Gasteiger partial charge >= 0.3 is 0 Å². The summed E-state index contributed by atoms with van der Waals surface area (Å²) in [5, 5.41) is 4.35. The van der Waals surface area contributed by atoms with Crippen LogP contribution in [0.25, 0.3) is 0 Å². The molecule has 0 aromatic carbocycles. The van der Waals surface area contributed by atoms with Gasteiger partial charge in [-0.25, -0.2) is 0 Å². The molecule has 2 nitrogen and oxygen atoms in total. The largest absolute Gasteiger partial charge is 0.285 e. The maximum Gasteiger partial charge on any atom is 0.0636 e. The standard InChI is InChI=1S/C8H9N2/c1-2-7-6-9-5-3-8(7)10-4-1/h3,5-6H,1-2,4H2. The highest BCUT2D eigenvalue weighted by Crippen LogP contribution is 2.19. The van der Waals surface area contributed by atoms with E-state index in [1.165, 1.54) is 12.0 Å². The van der Waals surface area contributed by atoms with Crippen molar-refractivity contribution < 1.29 is 0 Å². The quantitative estimate of drug-likeness (QED) is 0.523. The van der Waals surface area contributed by atoms with Crippen molar-refractivity contribution in [3.8, 4) is 0 Å². The predicted molar refractivity (Wildman–Crippen MR) is 39.2 cm³/mol. The van der Waals surface area contributed by atoms with Gasteiger partial charge in [0.1, 0.15) is 0 Å². The zero-order valence-electron chi connectivity index (χ0n) is 5.75. The molecule has 0 bridgehead atoms. The molecular weight excluding hydrogens is 124 g/mol. The summed E-state index contributed by atoms with van der Waals surface area (Å²) in [6, 6.07) is 1.98. The van der Waals surface area contributed by atoms with Crippen LogP contribution in [0.3, 0.4) is 0 Å². The van der Waals surface area contributed by atoms with Crippen molar-refractivity contribution in [2.45, 2.75) is 12.8 Å². The molecule has 2 rings (SSSR count). The van der Waals surface area contributed by atoms with Crippen molar-refractivity contribution in [2.24, 2.45) is 0 Å². The van der Waals surface area contributed by atoms with E-state index in [0.29, 0.717) is 0 Å². The highest BCUT2D eigenvalue weighted by atomic mass is 14.9. The molecule has 0 fully saturated rings. The summed E-state index contributed by atoms with van der Waals surface area (Å²) in [4.78, 5) is 4.04. The maximum atomic E-state index is 4.35. The number of pyridine rings is 1. The minimum Gasteiger partial charge on any atom is -0.285 e. The zero-order chi connectivity index (χ0) is 6.81. The van der Waals surface area contributed by atoms with Crippen LogP contribution >= 0.6 is 0 Å². The number of hydrogen-bond donors (Lipinski definition) is 0. The maximum absolute atomic E-state index is 4.35. The first kappa shape index (κ1) is 5.71. The Bertz CT molecular complexity index is 207. The van der Waals surface area contributed by atoms with Gasteiger partial charge in [0.05, 0.1) is 5.69 Å². The number of aryl methyl sites for hydroxylation is 1. The first-order valence-electron chi connectivity index (χ1n) is 3.57. The fraction of sp³-hybridized carbons (Fsp3) is 0.375. The van der Waals surface area contributed by atoms with Crippen LogP contribution in [0.15, 0.2) is 18.5 Å². The highest BCUT2D eigenvalue weighted by molar-refractivity contribution is 5.43. The van der Waals surface area contributed by atoms with Crippen LogP contribution in [-0.2, 0) is 6.42 Å². The van der Waals surface area contributed by atoms with E-state index in [0.717, 1.165) is 18.7 Å². The third-order valence-corrected chi connectivity index (χ3v) is 1.76. The Kier molecular flexibility index (Phi) is 1.31. The molecule has 0 N–H and O–H groups in total. The van der Waals surface area contributed by atoms with Crippen LogP contribution in [0.4, 0.5) is 5.69 Å². The Morgan fingerprint density at radius 2 is 2.40 bits per heavy atom. The second-order valence-electron chi connectivity index (χ2n) is 2.49. The van der Waals surface area contributed by atoms with Crippen LogP contribution in [-0.4, -0.2) is 11.5 Å². The number of fused-ring (bicyclic) bond motifs is 1. The molecular formula is C8H9N2. The lowest BCUT2D eigenvalue weighted by Crippen LogP contribution is -2.10. The van der Waals surface area contributed by atoms with Crippen molar-refractivity contribution in [1.29, 1.82) is 0 Å². The molecule has 1 aromatic heterocycles. The molecule has 1 aromatic rings. The van der Waals surface area contributed by atoms with E-state index >= 15 is 0 Å². The molecule has 0 saturated carbocycles. The first-order valence-corrected chi connectivity index (χ1v) is 3.57. The second-order valence-corrected chi connectivity index (χ2v) is 2.49. The molecule has 51 valence electrons. The fourth-order valence-electron chi connectivity index (χ4n) is 1.24. The van der Waals surface area contributed by atoms with E-state index in [1.807, 2.05) is 12.3 Å². The van der Waals surface area contributed by atoms with Gasteiger partial charge in [0.2, 0.25) is 0 Å². The molecule has 2 heteroatoms. The smallest absolute Gasteiger partial charge is 0.0636 e. The van der Waals surface area contributed by atoms with E-state index in [1.54, 1.807) is 6.20 Å². The topological polar surface area (TPSA) is 27.0 Å². The average Bonchev–Trinajstić information content (AvgIpc) is 2.05.